The lowest BCUT2D eigenvalue weighted by atomic mass is 9.93. The third-order valence-electron chi connectivity index (χ3n) is 5.14. The number of aromatic nitrogens is 1. The quantitative estimate of drug-likeness (QED) is 0.836. The second-order valence-electron chi connectivity index (χ2n) is 7.58. The Hall–Kier alpha value is -1.92. The molecule has 0 atom stereocenters. The maximum Gasteiger partial charge on any atom is 0.263 e. The van der Waals surface area contributed by atoms with E-state index in [9.17, 15) is 4.79 Å². The Morgan fingerprint density at radius 1 is 1.30 bits per heavy atom. The van der Waals surface area contributed by atoms with E-state index in [0.717, 1.165) is 55.0 Å². The molecule has 0 unspecified atom stereocenters. The summed E-state index contributed by atoms with van der Waals surface area (Å²) < 4.78 is 11.4. The van der Waals surface area contributed by atoms with Crippen molar-refractivity contribution in [3.8, 4) is 16.3 Å². The van der Waals surface area contributed by atoms with Crippen LogP contribution >= 0.6 is 11.3 Å². The second-order valence-corrected chi connectivity index (χ2v) is 8.61. The Balaban J connectivity index is 1.35. The number of amides is 1. The highest BCUT2D eigenvalue weighted by Gasteiger charge is 2.24. The molecule has 144 valence electrons. The molecule has 1 aliphatic carbocycles. The van der Waals surface area contributed by atoms with Crippen molar-refractivity contribution in [1.82, 2.24) is 10.3 Å². The molecule has 0 bridgehead atoms. The van der Waals surface area contributed by atoms with Crippen LogP contribution in [0.2, 0.25) is 0 Å². The lowest BCUT2D eigenvalue weighted by Crippen LogP contribution is -2.39. The van der Waals surface area contributed by atoms with Gasteiger partial charge in [0.1, 0.15) is 15.6 Å². The number of fused-ring (bicyclic) bond motifs is 1. The minimum atomic E-state index is -0.0172. The SMILES string of the molecule is CC(C)OC1CCC(NC(=O)c2cnc(-c3ccc4c(c3)CCO4)s2)CC1. The number of ether oxygens (including phenoxy) is 2. The maximum atomic E-state index is 12.6. The Kier molecular flexibility index (Phi) is 5.45. The molecule has 1 saturated carbocycles. The van der Waals surface area contributed by atoms with Crippen LogP contribution < -0.4 is 10.1 Å². The number of nitrogens with one attached hydrogen (secondary N) is 1. The second kappa shape index (κ2) is 7.98. The van der Waals surface area contributed by atoms with Gasteiger partial charge in [0.2, 0.25) is 0 Å². The molecule has 0 spiro atoms. The maximum absolute atomic E-state index is 12.6. The fourth-order valence-corrected chi connectivity index (χ4v) is 4.63. The first-order chi connectivity index (χ1) is 13.1. The highest BCUT2D eigenvalue weighted by atomic mass is 32.1. The van der Waals surface area contributed by atoms with E-state index in [2.05, 4.69) is 30.2 Å². The Morgan fingerprint density at radius 2 is 2.11 bits per heavy atom. The molecule has 2 aliphatic rings. The molecule has 1 fully saturated rings. The van der Waals surface area contributed by atoms with E-state index < -0.39 is 0 Å². The zero-order chi connectivity index (χ0) is 18.8. The van der Waals surface area contributed by atoms with Gasteiger partial charge in [-0.3, -0.25) is 4.79 Å². The number of carbonyl (C=O) groups is 1. The third-order valence-corrected chi connectivity index (χ3v) is 6.19. The topological polar surface area (TPSA) is 60.5 Å². The van der Waals surface area contributed by atoms with Crippen molar-refractivity contribution in [3.05, 3.63) is 34.8 Å². The molecule has 0 radical (unpaired) electrons. The predicted octanol–water partition coefficient (Wildman–Crippen LogP) is 4.21. The standard InChI is InChI=1S/C21H26N2O3S/c1-13(2)26-17-6-4-16(5-7-17)23-20(24)19-12-22-21(27-19)15-3-8-18-14(11-15)9-10-25-18/h3,8,11-13,16-17H,4-7,9-10H2,1-2H3,(H,23,24). The Labute approximate surface area is 164 Å². The molecule has 5 nitrogen and oxygen atoms in total. The van der Waals surface area contributed by atoms with Crippen molar-refractivity contribution < 1.29 is 14.3 Å². The van der Waals surface area contributed by atoms with Gasteiger partial charge < -0.3 is 14.8 Å². The van der Waals surface area contributed by atoms with Crippen molar-refractivity contribution in [2.45, 2.75) is 64.2 Å². The predicted molar refractivity (Wildman–Crippen MR) is 106 cm³/mol. The monoisotopic (exact) mass is 386 g/mol. The van der Waals surface area contributed by atoms with Crippen LogP contribution in [0, 0.1) is 0 Å². The van der Waals surface area contributed by atoms with Gasteiger partial charge in [-0.25, -0.2) is 4.98 Å². The molecule has 1 aromatic heterocycles. The molecule has 1 aromatic carbocycles. The van der Waals surface area contributed by atoms with E-state index >= 15 is 0 Å². The van der Waals surface area contributed by atoms with E-state index in [1.807, 2.05) is 12.1 Å². The number of hydrogen-bond donors (Lipinski definition) is 1. The summed E-state index contributed by atoms with van der Waals surface area (Å²) >= 11 is 1.45. The summed E-state index contributed by atoms with van der Waals surface area (Å²) in [7, 11) is 0. The Morgan fingerprint density at radius 3 is 2.89 bits per heavy atom. The summed E-state index contributed by atoms with van der Waals surface area (Å²) in [5, 5.41) is 4.05. The van der Waals surface area contributed by atoms with Gasteiger partial charge in [0.15, 0.2) is 0 Å². The highest BCUT2D eigenvalue weighted by Crippen LogP contribution is 2.32. The summed E-state index contributed by atoms with van der Waals surface area (Å²) in [5.74, 6) is 0.946. The minimum Gasteiger partial charge on any atom is -0.493 e. The Bertz CT molecular complexity index is 810. The number of rotatable bonds is 5. The molecular formula is C21H26N2O3S. The number of carbonyl (C=O) groups excluding carboxylic acids is 1. The largest absolute Gasteiger partial charge is 0.493 e. The molecule has 6 heteroatoms. The fourth-order valence-electron chi connectivity index (χ4n) is 3.82. The van der Waals surface area contributed by atoms with E-state index in [1.54, 1.807) is 6.20 Å². The summed E-state index contributed by atoms with van der Waals surface area (Å²) in [6.07, 6.45) is 7.18. The molecule has 2 heterocycles. The summed E-state index contributed by atoms with van der Waals surface area (Å²) in [6.45, 7) is 4.89. The van der Waals surface area contributed by atoms with Crippen LogP contribution in [0.1, 0.15) is 54.8 Å². The van der Waals surface area contributed by atoms with Gasteiger partial charge in [0.05, 0.1) is 25.0 Å². The lowest BCUT2D eigenvalue weighted by Gasteiger charge is -2.30. The molecule has 1 aliphatic heterocycles. The average Bonchev–Trinajstić information content (AvgIpc) is 3.31. The zero-order valence-electron chi connectivity index (χ0n) is 15.9. The van der Waals surface area contributed by atoms with Crippen molar-refractivity contribution in [2.75, 3.05) is 6.61 Å². The molecule has 27 heavy (non-hydrogen) atoms. The molecule has 1 N–H and O–H groups in total. The molecule has 1 amide bonds. The third kappa shape index (κ3) is 4.33. The number of benzene rings is 1. The van der Waals surface area contributed by atoms with Gasteiger partial charge in [0, 0.05) is 18.0 Å². The first-order valence-corrected chi connectivity index (χ1v) is 10.6. The van der Waals surface area contributed by atoms with Crippen LogP contribution in [0.25, 0.3) is 10.6 Å². The van der Waals surface area contributed by atoms with Crippen LogP contribution in [0.3, 0.4) is 0 Å². The van der Waals surface area contributed by atoms with E-state index in [-0.39, 0.29) is 18.1 Å². The molecule has 4 rings (SSSR count). The van der Waals surface area contributed by atoms with Gasteiger partial charge >= 0.3 is 0 Å². The fraction of sp³-hybridized carbons (Fsp3) is 0.524. The molecule has 2 aromatic rings. The highest BCUT2D eigenvalue weighted by molar-refractivity contribution is 7.16. The van der Waals surface area contributed by atoms with Gasteiger partial charge in [-0.1, -0.05) is 0 Å². The van der Waals surface area contributed by atoms with Crippen LogP contribution in [-0.4, -0.2) is 35.7 Å². The van der Waals surface area contributed by atoms with Gasteiger partial charge in [0.25, 0.3) is 5.91 Å². The zero-order valence-corrected chi connectivity index (χ0v) is 16.7. The van der Waals surface area contributed by atoms with E-state index in [1.165, 1.54) is 16.9 Å². The van der Waals surface area contributed by atoms with Crippen molar-refractivity contribution >= 4 is 17.2 Å². The van der Waals surface area contributed by atoms with Crippen LogP contribution in [0.15, 0.2) is 24.4 Å². The lowest BCUT2D eigenvalue weighted by molar-refractivity contribution is -0.0159. The number of hydrogen-bond acceptors (Lipinski definition) is 5. The first kappa shape index (κ1) is 18.4. The molecule has 0 saturated heterocycles. The number of nitrogens with zero attached hydrogens (tertiary/aromatic N) is 1. The first-order valence-electron chi connectivity index (χ1n) is 9.77. The smallest absolute Gasteiger partial charge is 0.263 e. The van der Waals surface area contributed by atoms with Crippen molar-refractivity contribution in [2.24, 2.45) is 0 Å². The normalized spacial score (nSPS) is 21.7. The summed E-state index contributed by atoms with van der Waals surface area (Å²) in [6, 6.07) is 6.36. The van der Waals surface area contributed by atoms with Gasteiger partial charge in [-0.2, -0.15) is 0 Å². The number of thiazole rings is 1. The van der Waals surface area contributed by atoms with E-state index in [0.29, 0.717) is 11.0 Å². The van der Waals surface area contributed by atoms with Crippen LogP contribution in [-0.2, 0) is 11.2 Å². The van der Waals surface area contributed by atoms with Gasteiger partial charge in [-0.05, 0) is 63.3 Å². The summed E-state index contributed by atoms with van der Waals surface area (Å²) in [5.41, 5.74) is 2.27. The van der Waals surface area contributed by atoms with Crippen molar-refractivity contribution in [3.63, 3.8) is 0 Å². The average molecular weight is 387 g/mol. The van der Waals surface area contributed by atoms with Gasteiger partial charge in [-0.15, -0.1) is 11.3 Å². The minimum absolute atomic E-state index is 0.0172. The van der Waals surface area contributed by atoms with Crippen LogP contribution in [0.4, 0.5) is 0 Å². The van der Waals surface area contributed by atoms with Crippen molar-refractivity contribution in [1.29, 1.82) is 0 Å². The summed E-state index contributed by atoms with van der Waals surface area (Å²) in [4.78, 5) is 17.7. The van der Waals surface area contributed by atoms with E-state index in [4.69, 9.17) is 9.47 Å². The van der Waals surface area contributed by atoms with Crippen LogP contribution in [0.5, 0.6) is 5.75 Å². The molecular weight excluding hydrogens is 360 g/mol.